The summed E-state index contributed by atoms with van der Waals surface area (Å²) in [7, 11) is 0. The highest BCUT2D eigenvalue weighted by Gasteiger charge is 2.20. The van der Waals surface area contributed by atoms with Gasteiger partial charge < -0.3 is 25.6 Å². The van der Waals surface area contributed by atoms with Crippen molar-refractivity contribution < 1.29 is 34.1 Å². The highest BCUT2D eigenvalue weighted by Crippen LogP contribution is 2.29. The molecular formula is C21H31N3O7. The fourth-order valence-corrected chi connectivity index (χ4v) is 2.99. The molecule has 0 radical (unpaired) electrons. The van der Waals surface area contributed by atoms with Crippen molar-refractivity contribution in [3.8, 4) is 0 Å². The first-order valence-corrected chi connectivity index (χ1v) is 10.2. The summed E-state index contributed by atoms with van der Waals surface area (Å²) in [5.41, 5.74) is 2.60. The summed E-state index contributed by atoms with van der Waals surface area (Å²) in [4.78, 5) is 41.8. The molecule has 0 heterocycles. The summed E-state index contributed by atoms with van der Waals surface area (Å²) < 4.78 is 5.39. The first kappa shape index (κ1) is 26.1. The molecule has 0 saturated heterocycles. The summed E-state index contributed by atoms with van der Waals surface area (Å²) in [6.45, 7) is 5.14. The lowest BCUT2D eigenvalue weighted by Crippen LogP contribution is -2.44. The van der Waals surface area contributed by atoms with Gasteiger partial charge in [-0.05, 0) is 50.7 Å². The molecule has 1 aliphatic carbocycles. The minimum Gasteiger partial charge on any atom is -0.473 e. The Morgan fingerprint density at radius 3 is 2.45 bits per heavy atom. The van der Waals surface area contributed by atoms with E-state index in [0.717, 1.165) is 25.7 Å². The van der Waals surface area contributed by atoms with Crippen LogP contribution >= 0.6 is 0 Å². The maximum absolute atomic E-state index is 11.9. The molecule has 2 rings (SSSR count). The van der Waals surface area contributed by atoms with E-state index in [9.17, 15) is 9.59 Å². The van der Waals surface area contributed by atoms with Gasteiger partial charge in [0.1, 0.15) is 0 Å². The molecule has 3 amide bonds. The van der Waals surface area contributed by atoms with Crippen LogP contribution in [0.1, 0.15) is 50.3 Å². The van der Waals surface area contributed by atoms with Gasteiger partial charge in [0.2, 0.25) is 5.91 Å². The fourth-order valence-electron chi connectivity index (χ4n) is 2.99. The molecule has 10 nitrogen and oxygen atoms in total. The number of aryl methyl sites for hydroxylation is 1. The zero-order valence-electron chi connectivity index (χ0n) is 17.8. The molecule has 0 saturated carbocycles. The summed E-state index contributed by atoms with van der Waals surface area (Å²) in [5, 5.41) is 23.1. The molecule has 0 spiro atoms. The van der Waals surface area contributed by atoms with Crippen LogP contribution < -0.4 is 16.0 Å². The molecule has 10 heteroatoms. The quantitative estimate of drug-likeness (QED) is 0.302. The van der Waals surface area contributed by atoms with Gasteiger partial charge in [-0.1, -0.05) is 24.3 Å². The minimum atomic E-state index is -1.82. The average molecular weight is 437 g/mol. The molecule has 1 atom stereocenters. The Labute approximate surface area is 181 Å². The van der Waals surface area contributed by atoms with Gasteiger partial charge in [-0.25, -0.2) is 14.4 Å². The maximum atomic E-state index is 11.9. The van der Waals surface area contributed by atoms with Crippen LogP contribution in [0.3, 0.4) is 0 Å². The van der Waals surface area contributed by atoms with Crippen molar-refractivity contribution in [2.45, 2.75) is 51.7 Å². The van der Waals surface area contributed by atoms with Crippen molar-refractivity contribution >= 4 is 23.9 Å². The second-order valence-corrected chi connectivity index (χ2v) is 7.21. The SMILES string of the molecule is CC(C)OCCCNC(=O)NC(=O)CNC1CCCc2ccccc21.O=C(O)C(=O)O. The van der Waals surface area contributed by atoms with Crippen molar-refractivity contribution in [3.05, 3.63) is 35.4 Å². The molecule has 31 heavy (non-hydrogen) atoms. The lowest BCUT2D eigenvalue weighted by Gasteiger charge is -2.26. The highest BCUT2D eigenvalue weighted by molar-refractivity contribution is 6.27. The van der Waals surface area contributed by atoms with Crippen molar-refractivity contribution in [1.29, 1.82) is 0 Å². The second-order valence-electron chi connectivity index (χ2n) is 7.21. The number of carbonyl (C=O) groups excluding carboxylic acids is 2. The molecule has 0 aliphatic heterocycles. The normalized spacial score (nSPS) is 14.6. The predicted octanol–water partition coefficient (Wildman–Crippen LogP) is 1.45. The number of aliphatic carboxylic acids is 2. The number of fused-ring (bicyclic) bond motifs is 1. The average Bonchev–Trinajstić information content (AvgIpc) is 2.72. The van der Waals surface area contributed by atoms with Gasteiger partial charge in [-0.3, -0.25) is 10.1 Å². The number of hydrogen-bond acceptors (Lipinski definition) is 6. The second kappa shape index (κ2) is 14.1. The van der Waals surface area contributed by atoms with Gasteiger partial charge in [-0.2, -0.15) is 0 Å². The minimum absolute atomic E-state index is 0.128. The van der Waals surface area contributed by atoms with E-state index in [2.05, 4.69) is 28.1 Å². The Morgan fingerprint density at radius 1 is 1.13 bits per heavy atom. The number of carboxylic acids is 2. The summed E-state index contributed by atoms with van der Waals surface area (Å²) in [6, 6.07) is 8.03. The van der Waals surface area contributed by atoms with Crippen LogP contribution in [0.25, 0.3) is 0 Å². The number of benzene rings is 1. The van der Waals surface area contributed by atoms with Crippen LogP contribution in [0.2, 0.25) is 0 Å². The number of carbonyl (C=O) groups is 4. The van der Waals surface area contributed by atoms with Gasteiger partial charge in [-0.15, -0.1) is 0 Å². The summed E-state index contributed by atoms with van der Waals surface area (Å²) in [6.07, 6.45) is 4.11. The number of rotatable bonds is 8. The molecule has 1 aliphatic rings. The molecule has 0 bridgehead atoms. The molecule has 0 aromatic heterocycles. The molecule has 172 valence electrons. The van der Waals surface area contributed by atoms with E-state index in [1.807, 2.05) is 26.0 Å². The standard InChI is InChI=1S/C19H29N3O3.C2H2O4/c1-14(2)25-12-6-11-20-19(24)22-18(23)13-21-17-10-5-8-15-7-3-4-9-16(15)17;3-1(4)2(5)6/h3-4,7,9,14,17,21H,5-6,8,10-13H2,1-2H3,(H2,20,22,23,24);(H,3,4)(H,5,6). The molecule has 1 aromatic carbocycles. The van der Waals surface area contributed by atoms with Gasteiger partial charge in [0.25, 0.3) is 0 Å². The fraction of sp³-hybridized carbons (Fsp3) is 0.524. The van der Waals surface area contributed by atoms with E-state index in [4.69, 9.17) is 24.5 Å². The highest BCUT2D eigenvalue weighted by atomic mass is 16.5. The Hall–Kier alpha value is -2.98. The molecule has 5 N–H and O–H groups in total. The van der Waals surface area contributed by atoms with Crippen LogP contribution in [-0.2, 0) is 25.5 Å². The summed E-state index contributed by atoms with van der Waals surface area (Å²) in [5.74, 6) is -3.97. The van der Waals surface area contributed by atoms with E-state index < -0.39 is 18.0 Å². The lowest BCUT2D eigenvalue weighted by molar-refractivity contribution is -0.159. The van der Waals surface area contributed by atoms with Crippen molar-refractivity contribution in [3.63, 3.8) is 0 Å². The van der Waals surface area contributed by atoms with Gasteiger partial charge in [0, 0.05) is 19.2 Å². The number of nitrogens with one attached hydrogen (secondary N) is 3. The number of hydrogen-bond donors (Lipinski definition) is 5. The van der Waals surface area contributed by atoms with Crippen LogP contribution in [0.5, 0.6) is 0 Å². The van der Waals surface area contributed by atoms with E-state index >= 15 is 0 Å². The van der Waals surface area contributed by atoms with Gasteiger partial charge in [0.05, 0.1) is 12.6 Å². The van der Waals surface area contributed by atoms with E-state index in [1.54, 1.807) is 0 Å². The topological polar surface area (TPSA) is 154 Å². The first-order valence-electron chi connectivity index (χ1n) is 10.2. The Morgan fingerprint density at radius 2 is 1.81 bits per heavy atom. The number of amides is 3. The summed E-state index contributed by atoms with van der Waals surface area (Å²) >= 11 is 0. The zero-order chi connectivity index (χ0) is 23.2. The Balaban J connectivity index is 0.000000703. The maximum Gasteiger partial charge on any atom is 0.414 e. The number of carboxylic acid groups (broad SMARTS) is 2. The zero-order valence-corrected chi connectivity index (χ0v) is 17.8. The van der Waals surface area contributed by atoms with Crippen LogP contribution in [0.15, 0.2) is 24.3 Å². The van der Waals surface area contributed by atoms with Crippen molar-refractivity contribution in [2.24, 2.45) is 0 Å². The number of urea groups is 1. The first-order chi connectivity index (χ1) is 14.7. The van der Waals surface area contributed by atoms with E-state index in [-0.39, 0.29) is 24.6 Å². The molecular weight excluding hydrogens is 406 g/mol. The smallest absolute Gasteiger partial charge is 0.414 e. The van der Waals surface area contributed by atoms with E-state index in [0.29, 0.717) is 13.2 Å². The number of imide groups is 1. The van der Waals surface area contributed by atoms with Crippen molar-refractivity contribution in [2.75, 3.05) is 19.7 Å². The molecule has 0 fully saturated rings. The molecule has 1 unspecified atom stereocenters. The third kappa shape index (κ3) is 11.1. The van der Waals surface area contributed by atoms with Crippen LogP contribution in [-0.4, -0.2) is 59.9 Å². The lowest BCUT2D eigenvalue weighted by atomic mass is 9.88. The molecule has 1 aromatic rings. The third-order valence-electron chi connectivity index (χ3n) is 4.37. The largest absolute Gasteiger partial charge is 0.473 e. The predicted molar refractivity (Wildman–Crippen MR) is 113 cm³/mol. The van der Waals surface area contributed by atoms with E-state index in [1.165, 1.54) is 11.1 Å². The number of ether oxygens (including phenoxy) is 1. The van der Waals surface area contributed by atoms with Gasteiger partial charge >= 0.3 is 18.0 Å². The van der Waals surface area contributed by atoms with Crippen molar-refractivity contribution in [1.82, 2.24) is 16.0 Å². The van der Waals surface area contributed by atoms with Crippen LogP contribution in [0, 0.1) is 0 Å². The van der Waals surface area contributed by atoms with Crippen LogP contribution in [0.4, 0.5) is 4.79 Å². The monoisotopic (exact) mass is 437 g/mol. The third-order valence-corrected chi connectivity index (χ3v) is 4.37. The Bertz CT molecular complexity index is 740. The Kier molecular flexibility index (Phi) is 11.9. The van der Waals surface area contributed by atoms with Gasteiger partial charge in [0.15, 0.2) is 0 Å².